The molecule has 90 valence electrons. The number of carbonyl (C=O) groups is 1. The summed E-state index contributed by atoms with van der Waals surface area (Å²) >= 11 is 3.50. The molecule has 0 unspecified atom stereocenters. The van der Waals surface area contributed by atoms with Crippen LogP contribution < -0.4 is 5.32 Å². The van der Waals surface area contributed by atoms with Gasteiger partial charge in [0, 0.05) is 15.4 Å². The van der Waals surface area contributed by atoms with Crippen LogP contribution in [0.15, 0.2) is 28.9 Å². The topological polar surface area (TPSA) is 42.0 Å². The minimum atomic E-state index is -0.280. The van der Waals surface area contributed by atoms with Gasteiger partial charge < -0.3 is 5.32 Å². The molecule has 0 radical (unpaired) electrons. The van der Waals surface area contributed by atoms with Crippen molar-refractivity contribution in [2.45, 2.75) is 24.7 Å². The monoisotopic (exact) mass is 302 g/mol. The maximum Gasteiger partial charge on any atom is 0.235 e. The van der Waals surface area contributed by atoms with E-state index in [1.807, 2.05) is 12.1 Å². The largest absolute Gasteiger partial charge is 0.324 e. The van der Waals surface area contributed by atoms with Gasteiger partial charge in [-0.15, -0.1) is 0 Å². The maximum atomic E-state index is 12.2. The number of amides is 1. The van der Waals surface area contributed by atoms with Crippen LogP contribution in [0.25, 0.3) is 10.9 Å². The summed E-state index contributed by atoms with van der Waals surface area (Å²) in [5.41, 5.74) is 2.73. The number of aromatic nitrogens is 1. The van der Waals surface area contributed by atoms with Gasteiger partial charge in [0.2, 0.25) is 5.91 Å². The molecule has 0 saturated heterocycles. The fourth-order valence-electron chi connectivity index (χ4n) is 3.14. The van der Waals surface area contributed by atoms with E-state index in [9.17, 15) is 4.79 Å². The van der Waals surface area contributed by atoms with Crippen LogP contribution in [0.2, 0.25) is 0 Å². The van der Waals surface area contributed by atoms with Gasteiger partial charge in [0.25, 0.3) is 0 Å². The van der Waals surface area contributed by atoms with Gasteiger partial charge >= 0.3 is 0 Å². The Morgan fingerprint density at radius 3 is 2.89 bits per heavy atom. The van der Waals surface area contributed by atoms with Crippen molar-refractivity contribution in [3.05, 3.63) is 34.4 Å². The molecule has 1 aromatic carbocycles. The standard InChI is InChI=1S/C14H11BrN2O/c15-8-2-3-10-9(6-8)12-11(7-16-10)17-13(18)14(12)4-1-5-14/h2-3,6-7H,1,4-5H2,(H,17,18). The van der Waals surface area contributed by atoms with E-state index in [4.69, 9.17) is 0 Å². The number of anilines is 1. The molecule has 1 N–H and O–H groups in total. The minimum absolute atomic E-state index is 0.151. The lowest BCUT2D eigenvalue weighted by molar-refractivity contribution is -0.123. The predicted octanol–water partition coefficient (Wildman–Crippen LogP) is 3.37. The van der Waals surface area contributed by atoms with E-state index >= 15 is 0 Å². The average molecular weight is 303 g/mol. The quantitative estimate of drug-likeness (QED) is 0.811. The van der Waals surface area contributed by atoms with Crippen LogP contribution in [0, 0.1) is 0 Å². The van der Waals surface area contributed by atoms with Crippen LogP contribution in [0.3, 0.4) is 0 Å². The molecule has 1 spiro atoms. The van der Waals surface area contributed by atoms with E-state index < -0.39 is 0 Å². The Balaban J connectivity index is 2.11. The smallest absolute Gasteiger partial charge is 0.235 e. The lowest BCUT2D eigenvalue weighted by atomic mass is 9.64. The summed E-state index contributed by atoms with van der Waals surface area (Å²) in [6.45, 7) is 0. The molecule has 4 heteroatoms. The van der Waals surface area contributed by atoms with Crippen LogP contribution >= 0.6 is 15.9 Å². The Morgan fingerprint density at radius 1 is 1.33 bits per heavy atom. The molecule has 4 rings (SSSR count). The molecule has 1 amide bonds. The summed E-state index contributed by atoms with van der Waals surface area (Å²) in [6, 6.07) is 6.05. The number of nitrogens with zero attached hydrogens (tertiary/aromatic N) is 1. The second kappa shape index (κ2) is 3.32. The number of hydrogen-bond donors (Lipinski definition) is 1. The highest BCUT2D eigenvalue weighted by atomic mass is 79.9. The summed E-state index contributed by atoms with van der Waals surface area (Å²) < 4.78 is 1.03. The molecule has 1 aliphatic carbocycles. The van der Waals surface area contributed by atoms with Crippen molar-refractivity contribution in [2.24, 2.45) is 0 Å². The molecule has 3 nitrogen and oxygen atoms in total. The number of carbonyl (C=O) groups excluding carboxylic acids is 1. The summed E-state index contributed by atoms with van der Waals surface area (Å²) in [7, 11) is 0. The van der Waals surface area contributed by atoms with Gasteiger partial charge in [-0.2, -0.15) is 0 Å². The number of benzene rings is 1. The molecular weight excluding hydrogens is 292 g/mol. The average Bonchev–Trinajstić information content (AvgIpc) is 2.61. The molecule has 2 heterocycles. The van der Waals surface area contributed by atoms with Gasteiger partial charge in [0.1, 0.15) is 0 Å². The predicted molar refractivity (Wildman–Crippen MR) is 73.6 cm³/mol. The van der Waals surface area contributed by atoms with Crippen molar-refractivity contribution < 1.29 is 4.79 Å². The second-order valence-electron chi connectivity index (χ2n) is 5.10. The molecule has 1 saturated carbocycles. The molecule has 1 aromatic heterocycles. The minimum Gasteiger partial charge on any atom is -0.324 e. The summed E-state index contributed by atoms with van der Waals surface area (Å²) in [5, 5.41) is 4.08. The molecule has 1 aliphatic heterocycles. The van der Waals surface area contributed by atoms with Gasteiger partial charge in [-0.05, 0) is 31.0 Å². The third kappa shape index (κ3) is 1.14. The van der Waals surface area contributed by atoms with E-state index in [0.717, 1.165) is 45.9 Å². The highest BCUT2D eigenvalue weighted by Gasteiger charge is 2.52. The van der Waals surface area contributed by atoms with Crippen LogP contribution in [-0.2, 0) is 10.2 Å². The molecule has 18 heavy (non-hydrogen) atoms. The van der Waals surface area contributed by atoms with Crippen molar-refractivity contribution in [1.82, 2.24) is 4.98 Å². The first-order valence-corrected chi connectivity index (χ1v) is 6.90. The number of fused-ring (bicyclic) bond motifs is 4. The third-order valence-corrected chi connectivity index (χ3v) is 4.69. The van der Waals surface area contributed by atoms with Gasteiger partial charge in [0.15, 0.2) is 0 Å². The second-order valence-corrected chi connectivity index (χ2v) is 6.01. The summed E-state index contributed by atoms with van der Waals surface area (Å²) in [5.74, 6) is 0.151. The highest BCUT2D eigenvalue weighted by Crippen LogP contribution is 2.53. The van der Waals surface area contributed by atoms with Crippen molar-refractivity contribution in [3.63, 3.8) is 0 Å². The van der Waals surface area contributed by atoms with Crippen molar-refractivity contribution in [2.75, 3.05) is 5.32 Å². The van der Waals surface area contributed by atoms with Crippen molar-refractivity contribution >= 4 is 38.4 Å². The number of rotatable bonds is 0. The van der Waals surface area contributed by atoms with Gasteiger partial charge in [-0.1, -0.05) is 22.4 Å². The molecule has 0 atom stereocenters. The SMILES string of the molecule is O=C1Nc2cnc3ccc(Br)cc3c2C12CCC2. The van der Waals surface area contributed by atoms with Crippen LogP contribution in [0.4, 0.5) is 5.69 Å². The lowest BCUT2D eigenvalue weighted by Gasteiger charge is -2.36. The third-order valence-electron chi connectivity index (χ3n) is 4.20. The summed E-state index contributed by atoms with van der Waals surface area (Å²) in [4.78, 5) is 16.6. The number of halogens is 1. The number of hydrogen-bond acceptors (Lipinski definition) is 2. The first-order valence-electron chi connectivity index (χ1n) is 6.11. The Labute approximate surface area is 113 Å². The molecule has 2 aliphatic rings. The summed E-state index contributed by atoms with van der Waals surface area (Å²) in [6.07, 6.45) is 4.83. The Kier molecular flexibility index (Phi) is 1.94. The van der Waals surface area contributed by atoms with Crippen molar-refractivity contribution in [3.8, 4) is 0 Å². The van der Waals surface area contributed by atoms with Crippen LogP contribution in [0.1, 0.15) is 24.8 Å². The van der Waals surface area contributed by atoms with Gasteiger partial charge in [0.05, 0.1) is 22.8 Å². The zero-order valence-corrected chi connectivity index (χ0v) is 11.3. The van der Waals surface area contributed by atoms with Crippen LogP contribution in [-0.4, -0.2) is 10.9 Å². The molecular formula is C14H11BrN2O. The van der Waals surface area contributed by atoms with E-state index in [0.29, 0.717) is 0 Å². The van der Waals surface area contributed by atoms with E-state index in [-0.39, 0.29) is 11.3 Å². The first-order chi connectivity index (χ1) is 8.71. The Bertz CT molecular complexity index is 691. The van der Waals surface area contributed by atoms with Gasteiger partial charge in [-0.25, -0.2) is 0 Å². The highest BCUT2D eigenvalue weighted by molar-refractivity contribution is 9.10. The Morgan fingerprint density at radius 2 is 2.17 bits per heavy atom. The zero-order chi connectivity index (χ0) is 12.3. The van der Waals surface area contributed by atoms with E-state index in [1.54, 1.807) is 6.20 Å². The fourth-order valence-corrected chi connectivity index (χ4v) is 3.50. The van der Waals surface area contributed by atoms with E-state index in [1.165, 1.54) is 0 Å². The van der Waals surface area contributed by atoms with Crippen molar-refractivity contribution in [1.29, 1.82) is 0 Å². The molecule has 2 aromatic rings. The normalized spacial score (nSPS) is 19.7. The lowest BCUT2D eigenvalue weighted by Crippen LogP contribution is -2.40. The number of nitrogens with one attached hydrogen (secondary N) is 1. The van der Waals surface area contributed by atoms with E-state index in [2.05, 4.69) is 32.3 Å². The zero-order valence-electron chi connectivity index (χ0n) is 9.66. The van der Waals surface area contributed by atoms with Gasteiger partial charge in [-0.3, -0.25) is 9.78 Å². The molecule has 1 fully saturated rings. The van der Waals surface area contributed by atoms with Crippen LogP contribution in [0.5, 0.6) is 0 Å². The Hall–Kier alpha value is -1.42. The first kappa shape index (κ1) is 10.5. The fraction of sp³-hybridized carbons (Fsp3) is 0.286. The maximum absolute atomic E-state index is 12.2. The molecule has 0 bridgehead atoms. The number of pyridine rings is 1.